The van der Waals surface area contributed by atoms with Gasteiger partial charge in [-0.15, -0.1) is 0 Å². The predicted octanol–water partition coefficient (Wildman–Crippen LogP) is 2.03. The molecule has 1 saturated heterocycles. The highest BCUT2D eigenvalue weighted by molar-refractivity contribution is 5.40. The number of rotatable bonds is 1. The molecule has 0 aliphatic carbocycles. The van der Waals surface area contributed by atoms with Crippen LogP contribution in [0.1, 0.15) is 18.4 Å². The fourth-order valence-electron chi connectivity index (χ4n) is 1.87. The van der Waals surface area contributed by atoms with Crippen molar-refractivity contribution < 1.29 is 13.2 Å². The third-order valence-electron chi connectivity index (χ3n) is 2.94. The Labute approximate surface area is 97.4 Å². The number of piperidine rings is 1. The van der Waals surface area contributed by atoms with E-state index in [4.69, 9.17) is 5.73 Å². The first kappa shape index (κ1) is 12.2. The highest BCUT2D eigenvalue weighted by Crippen LogP contribution is 2.29. The molecule has 94 valence electrons. The van der Waals surface area contributed by atoms with Crippen LogP contribution in [0.2, 0.25) is 0 Å². The number of nitrogens with zero attached hydrogens (tertiary/aromatic N) is 2. The summed E-state index contributed by atoms with van der Waals surface area (Å²) in [5.41, 5.74) is 5.05. The van der Waals surface area contributed by atoms with Gasteiger partial charge in [-0.05, 0) is 25.0 Å². The van der Waals surface area contributed by atoms with Gasteiger partial charge in [-0.3, -0.25) is 0 Å². The minimum atomic E-state index is -4.32. The van der Waals surface area contributed by atoms with Gasteiger partial charge in [0, 0.05) is 25.3 Å². The summed E-state index contributed by atoms with van der Waals surface area (Å²) in [5.74, 6) is 0.588. The molecule has 0 bridgehead atoms. The van der Waals surface area contributed by atoms with Crippen molar-refractivity contribution in [3.8, 4) is 0 Å². The zero-order valence-electron chi connectivity index (χ0n) is 9.24. The third kappa shape index (κ3) is 2.88. The van der Waals surface area contributed by atoms with Gasteiger partial charge in [-0.2, -0.15) is 13.2 Å². The first-order chi connectivity index (χ1) is 7.97. The van der Waals surface area contributed by atoms with E-state index in [1.165, 1.54) is 6.07 Å². The smallest absolute Gasteiger partial charge is 0.357 e. The summed E-state index contributed by atoms with van der Waals surface area (Å²) in [4.78, 5) is 5.82. The van der Waals surface area contributed by atoms with Crippen molar-refractivity contribution in [2.45, 2.75) is 25.1 Å². The molecule has 1 aliphatic rings. The average Bonchev–Trinajstić information content (AvgIpc) is 2.29. The topological polar surface area (TPSA) is 42.1 Å². The monoisotopic (exact) mass is 245 g/mol. The molecule has 1 aromatic rings. The van der Waals surface area contributed by atoms with Gasteiger partial charge in [-0.1, -0.05) is 0 Å². The Bertz CT molecular complexity index is 367. The van der Waals surface area contributed by atoms with E-state index in [2.05, 4.69) is 4.98 Å². The maximum atomic E-state index is 12.3. The van der Waals surface area contributed by atoms with Gasteiger partial charge < -0.3 is 10.6 Å². The molecule has 0 radical (unpaired) electrons. The quantitative estimate of drug-likeness (QED) is 0.823. The van der Waals surface area contributed by atoms with Gasteiger partial charge >= 0.3 is 6.18 Å². The number of alkyl halides is 3. The number of pyridine rings is 1. The molecule has 1 aliphatic heterocycles. The van der Waals surface area contributed by atoms with Gasteiger partial charge in [0.15, 0.2) is 0 Å². The second-order valence-electron chi connectivity index (χ2n) is 4.23. The Morgan fingerprint density at radius 1 is 1.24 bits per heavy atom. The standard InChI is InChI=1S/C11H14F3N3/c12-11(13,14)8-1-2-10(16-7-8)17-5-3-9(15)4-6-17/h1-2,7,9H,3-6,15H2. The average molecular weight is 245 g/mol. The molecule has 2 rings (SSSR count). The van der Waals surface area contributed by atoms with Crippen molar-refractivity contribution in [3.05, 3.63) is 23.9 Å². The lowest BCUT2D eigenvalue weighted by Crippen LogP contribution is -2.40. The van der Waals surface area contributed by atoms with Crippen molar-refractivity contribution in [1.29, 1.82) is 0 Å². The first-order valence-corrected chi connectivity index (χ1v) is 5.50. The van der Waals surface area contributed by atoms with Crippen LogP contribution in [0.25, 0.3) is 0 Å². The van der Waals surface area contributed by atoms with Gasteiger partial charge in [-0.25, -0.2) is 4.98 Å². The zero-order valence-corrected chi connectivity index (χ0v) is 9.24. The normalized spacial score (nSPS) is 18.5. The molecule has 3 nitrogen and oxygen atoms in total. The van der Waals surface area contributed by atoms with Crippen molar-refractivity contribution >= 4 is 5.82 Å². The van der Waals surface area contributed by atoms with Crippen LogP contribution in [-0.4, -0.2) is 24.1 Å². The van der Waals surface area contributed by atoms with Crippen molar-refractivity contribution in [2.75, 3.05) is 18.0 Å². The van der Waals surface area contributed by atoms with E-state index < -0.39 is 11.7 Å². The molecule has 1 aromatic heterocycles. The number of aromatic nitrogens is 1. The van der Waals surface area contributed by atoms with Gasteiger partial charge in [0.25, 0.3) is 0 Å². The van der Waals surface area contributed by atoms with Crippen LogP contribution in [0.15, 0.2) is 18.3 Å². The summed E-state index contributed by atoms with van der Waals surface area (Å²) in [6.07, 6.45) is -1.74. The minimum Gasteiger partial charge on any atom is -0.357 e. The van der Waals surface area contributed by atoms with Crippen LogP contribution in [0, 0.1) is 0 Å². The maximum absolute atomic E-state index is 12.3. The van der Waals surface area contributed by atoms with E-state index in [9.17, 15) is 13.2 Å². The van der Waals surface area contributed by atoms with E-state index in [1.54, 1.807) is 0 Å². The molecule has 1 fully saturated rings. The van der Waals surface area contributed by atoms with Crippen LogP contribution in [-0.2, 0) is 6.18 Å². The predicted molar refractivity (Wildman–Crippen MR) is 58.7 cm³/mol. The molecule has 6 heteroatoms. The summed E-state index contributed by atoms with van der Waals surface area (Å²) in [6, 6.07) is 2.68. The van der Waals surface area contributed by atoms with Gasteiger partial charge in [0.05, 0.1) is 5.56 Å². The Kier molecular flexibility index (Phi) is 3.24. The SMILES string of the molecule is NC1CCN(c2ccc(C(F)(F)F)cn2)CC1. The zero-order chi connectivity index (χ0) is 12.5. The van der Waals surface area contributed by atoms with Gasteiger partial charge in [0.2, 0.25) is 0 Å². The molecule has 17 heavy (non-hydrogen) atoms. The van der Waals surface area contributed by atoms with Gasteiger partial charge in [0.1, 0.15) is 5.82 Å². The summed E-state index contributed by atoms with van der Waals surface area (Å²) in [7, 11) is 0. The molecule has 0 spiro atoms. The molecular formula is C11H14F3N3. The number of nitrogens with two attached hydrogens (primary N) is 1. The first-order valence-electron chi connectivity index (χ1n) is 5.50. The largest absolute Gasteiger partial charge is 0.417 e. The van der Waals surface area contributed by atoms with Crippen LogP contribution in [0.4, 0.5) is 19.0 Å². The number of anilines is 1. The summed E-state index contributed by atoms with van der Waals surface area (Å²) >= 11 is 0. The van der Waals surface area contributed by atoms with E-state index in [1.807, 2.05) is 4.90 Å². The Balaban J connectivity index is 2.08. The number of hydrogen-bond donors (Lipinski definition) is 1. The van der Waals surface area contributed by atoms with E-state index in [-0.39, 0.29) is 6.04 Å². The van der Waals surface area contributed by atoms with Crippen LogP contribution < -0.4 is 10.6 Å². The van der Waals surface area contributed by atoms with Crippen LogP contribution in [0.5, 0.6) is 0 Å². The minimum absolute atomic E-state index is 0.195. The summed E-state index contributed by atoms with van der Waals surface area (Å²) in [6.45, 7) is 1.50. The molecule has 0 unspecified atom stereocenters. The Morgan fingerprint density at radius 3 is 2.35 bits per heavy atom. The molecule has 0 amide bonds. The lowest BCUT2D eigenvalue weighted by Gasteiger charge is -2.31. The van der Waals surface area contributed by atoms with Crippen molar-refractivity contribution in [1.82, 2.24) is 4.98 Å². The lowest BCUT2D eigenvalue weighted by molar-refractivity contribution is -0.137. The van der Waals surface area contributed by atoms with Crippen molar-refractivity contribution in [3.63, 3.8) is 0 Å². The van der Waals surface area contributed by atoms with Crippen molar-refractivity contribution in [2.24, 2.45) is 5.73 Å². The maximum Gasteiger partial charge on any atom is 0.417 e. The second-order valence-corrected chi connectivity index (χ2v) is 4.23. The molecule has 0 atom stereocenters. The summed E-state index contributed by atoms with van der Waals surface area (Å²) in [5, 5.41) is 0. The van der Waals surface area contributed by atoms with E-state index in [0.29, 0.717) is 5.82 Å². The Hall–Kier alpha value is -1.30. The highest BCUT2D eigenvalue weighted by Gasteiger charge is 2.31. The third-order valence-corrected chi connectivity index (χ3v) is 2.94. The molecule has 0 aromatic carbocycles. The molecule has 0 saturated carbocycles. The number of hydrogen-bond acceptors (Lipinski definition) is 3. The molecular weight excluding hydrogens is 231 g/mol. The molecule has 2 heterocycles. The highest BCUT2D eigenvalue weighted by atomic mass is 19.4. The van der Waals surface area contributed by atoms with Crippen LogP contribution in [0.3, 0.4) is 0 Å². The Morgan fingerprint density at radius 2 is 1.88 bits per heavy atom. The van der Waals surface area contributed by atoms with E-state index in [0.717, 1.165) is 38.2 Å². The fourth-order valence-corrected chi connectivity index (χ4v) is 1.87. The lowest BCUT2D eigenvalue weighted by atomic mass is 10.1. The number of halogens is 3. The van der Waals surface area contributed by atoms with Crippen LogP contribution >= 0.6 is 0 Å². The summed E-state index contributed by atoms with van der Waals surface area (Å²) < 4.78 is 37.0. The fraction of sp³-hybridized carbons (Fsp3) is 0.545. The second kappa shape index (κ2) is 4.52. The van der Waals surface area contributed by atoms with E-state index >= 15 is 0 Å². The molecule has 2 N–H and O–H groups in total.